The summed E-state index contributed by atoms with van der Waals surface area (Å²) >= 11 is 0. The normalized spacial score (nSPS) is 10.7. The SMILES string of the molecule is CCCCCCCCCCc1cccc(Oc2ccccc2)c1. The van der Waals surface area contributed by atoms with Gasteiger partial charge in [0.1, 0.15) is 11.5 Å². The minimum atomic E-state index is 0.900. The van der Waals surface area contributed by atoms with E-state index in [1.54, 1.807) is 0 Å². The van der Waals surface area contributed by atoms with Crippen molar-refractivity contribution in [3.63, 3.8) is 0 Å². The van der Waals surface area contributed by atoms with Gasteiger partial charge in [0.25, 0.3) is 0 Å². The smallest absolute Gasteiger partial charge is 0.127 e. The van der Waals surface area contributed by atoms with Crippen LogP contribution in [-0.2, 0) is 6.42 Å². The lowest BCUT2D eigenvalue weighted by Crippen LogP contribution is -1.89. The fraction of sp³-hybridized carbons (Fsp3) is 0.455. The molecule has 0 bridgehead atoms. The maximum atomic E-state index is 5.90. The zero-order valence-electron chi connectivity index (χ0n) is 14.5. The fourth-order valence-electron chi connectivity index (χ4n) is 2.85. The largest absolute Gasteiger partial charge is 0.457 e. The van der Waals surface area contributed by atoms with E-state index in [2.05, 4.69) is 25.1 Å². The average molecular weight is 310 g/mol. The predicted molar refractivity (Wildman–Crippen MR) is 99.3 cm³/mol. The van der Waals surface area contributed by atoms with Crippen LogP contribution in [0.1, 0.15) is 63.9 Å². The third-order valence-electron chi connectivity index (χ3n) is 4.20. The molecule has 0 aliphatic rings. The van der Waals surface area contributed by atoms with Crippen molar-refractivity contribution in [3.05, 3.63) is 60.2 Å². The van der Waals surface area contributed by atoms with E-state index in [9.17, 15) is 0 Å². The molecule has 0 unspecified atom stereocenters. The van der Waals surface area contributed by atoms with E-state index in [0.717, 1.165) is 17.9 Å². The van der Waals surface area contributed by atoms with E-state index in [1.165, 1.54) is 56.9 Å². The zero-order valence-corrected chi connectivity index (χ0v) is 14.5. The summed E-state index contributed by atoms with van der Waals surface area (Å²) in [5.74, 6) is 1.84. The third kappa shape index (κ3) is 7.36. The Hall–Kier alpha value is -1.76. The second-order valence-corrected chi connectivity index (χ2v) is 6.29. The number of ether oxygens (including phenoxy) is 1. The van der Waals surface area contributed by atoms with Crippen LogP contribution in [0, 0.1) is 0 Å². The summed E-state index contributed by atoms with van der Waals surface area (Å²) in [7, 11) is 0. The molecule has 1 nitrogen and oxygen atoms in total. The van der Waals surface area contributed by atoms with E-state index in [1.807, 2.05) is 36.4 Å². The maximum Gasteiger partial charge on any atom is 0.127 e. The molecule has 1 heteroatoms. The zero-order chi connectivity index (χ0) is 16.2. The van der Waals surface area contributed by atoms with E-state index in [0.29, 0.717) is 0 Å². The first-order chi connectivity index (χ1) is 11.4. The Balaban J connectivity index is 1.67. The molecule has 124 valence electrons. The first-order valence-electron chi connectivity index (χ1n) is 9.20. The van der Waals surface area contributed by atoms with Crippen LogP contribution in [0.5, 0.6) is 11.5 Å². The lowest BCUT2D eigenvalue weighted by Gasteiger charge is -2.08. The Morgan fingerprint density at radius 3 is 2.04 bits per heavy atom. The third-order valence-corrected chi connectivity index (χ3v) is 4.20. The van der Waals surface area contributed by atoms with Gasteiger partial charge in [-0.25, -0.2) is 0 Å². The molecule has 0 radical (unpaired) electrons. The molecule has 0 saturated carbocycles. The van der Waals surface area contributed by atoms with Gasteiger partial charge in [0, 0.05) is 0 Å². The van der Waals surface area contributed by atoms with Crippen LogP contribution in [0.2, 0.25) is 0 Å². The predicted octanol–water partition coefficient (Wildman–Crippen LogP) is 7.16. The molecule has 0 saturated heterocycles. The van der Waals surface area contributed by atoms with Gasteiger partial charge < -0.3 is 4.74 Å². The molecule has 0 aliphatic heterocycles. The highest BCUT2D eigenvalue weighted by Crippen LogP contribution is 2.22. The lowest BCUT2D eigenvalue weighted by molar-refractivity contribution is 0.481. The molecule has 0 fully saturated rings. The van der Waals surface area contributed by atoms with Gasteiger partial charge in [0.2, 0.25) is 0 Å². The van der Waals surface area contributed by atoms with Crippen LogP contribution < -0.4 is 4.74 Å². The van der Waals surface area contributed by atoms with Gasteiger partial charge in [0.05, 0.1) is 0 Å². The second-order valence-electron chi connectivity index (χ2n) is 6.29. The molecule has 2 aromatic carbocycles. The molecule has 23 heavy (non-hydrogen) atoms. The molecule has 2 rings (SSSR count). The number of para-hydroxylation sites is 1. The highest BCUT2D eigenvalue weighted by Gasteiger charge is 1.99. The van der Waals surface area contributed by atoms with E-state index < -0.39 is 0 Å². The van der Waals surface area contributed by atoms with Crippen molar-refractivity contribution in [1.29, 1.82) is 0 Å². The summed E-state index contributed by atoms with van der Waals surface area (Å²) < 4.78 is 5.90. The van der Waals surface area contributed by atoms with Crippen molar-refractivity contribution in [2.45, 2.75) is 64.7 Å². The Labute approximate surface area is 141 Å². The number of hydrogen-bond donors (Lipinski definition) is 0. The maximum absolute atomic E-state index is 5.90. The highest BCUT2D eigenvalue weighted by atomic mass is 16.5. The number of unbranched alkanes of at least 4 members (excludes halogenated alkanes) is 7. The second kappa shape index (κ2) is 10.9. The van der Waals surface area contributed by atoms with Crippen molar-refractivity contribution in [3.8, 4) is 11.5 Å². The summed E-state index contributed by atoms with van der Waals surface area (Å²) in [6, 6.07) is 18.5. The number of hydrogen-bond acceptors (Lipinski definition) is 1. The molecule has 0 aliphatic carbocycles. The number of benzene rings is 2. The van der Waals surface area contributed by atoms with Crippen molar-refractivity contribution in [1.82, 2.24) is 0 Å². The Kier molecular flexibility index (Phi) is 8.32. The summed E-state index contributed by atoms with van der Waals surface area (Å²) in [6.45, 7) is 2.27. The summed E-state index contributed by atoms with van der Waals surface area (Å²) in [5, 5.41) is 0. The molecule has 0 spiro atoms. The van der Waals surface area contributed by atoms with Crippen molar-refractivity contribution < 1.29 is 4.74 Å². The van der Waals surface area contributed by atoms with E-state index in [-0.39, 0.29) is 0 Å². The summed E-state index contributed by atoms with van der Waals surface area (Å²) in [6.07, 6.45) is 12.1. The topological polar surface area (TPSA) is 9.23 Å². The van der Waals surface area contributed by atoms with Crippen LogP contribution in [0.25, 0.3) is 0 Å². The standard InChI is InChI=1S/C22H30O/c1-2-3-4-5-6-7-8-10-14-20-15-13-18-22(19-20)23-21-16-11-9-12-17-21/h9,11-13,15-19H,2-8,10,14H2,1H3. The molecule has 0 aromatic heterocycles. The molecule has 0 heterocycles. The molecular weight excluding hydrogens is 280 g/mol. The summed E-state index contributed by atoms with van der Waals surface area (Å²) in [4.78, 5) is 0. The van der Waals surface area contributed by atoms with E-state index >= 15 is 0 Å². The van der Waals surface area contributed by atoms with Crippen molar-refractivity contribution >= 4 is 0 Å². The Morgan fingerprint density at radius 2 is 1.30 bits per heavy atom. The highest BCUT2D eigenvalue weighted by molar-refractivity contribution is 5.33. The summed E-state index contributed by atoms with van der Waals surface area (Å²) in [5.41, 5.74) is 1.38. The van der Waals surface area contributed by atoms with Crippen LogP contribution in [0.4, 0.5) is 0 Å². The molecule has 0 atom stereocenters. The molecule has 2 aromatic rings. The lowest BCUT2D eigenvalue weighted by atomic mass is 10.0. The van der Waals surface area contributed by atoms with Crippen LogP contribution in [0.3, 0.4) is 0 Å². The van der Waals surface area contributed by atoms with Gasteiger partial charge in [-0.2, -0.15) is 0 Å². The van der Waals surface area contributed by atoms with Crippen molar-refractivity contribution in [2.24, 2.45) is 0 Å². The van der Waals surface area contributed by atoms with Crippen LogP contribution >= 0.6 is 0 Å². The minimum Gasteiger partial charge on any atom is -0.457 e. The quantitative estimate of drug-likeness (QED) is 0.400. The number of aryl methyl sites for hydroxylation is 1. The first-order valence-corrected chi connectivity index (χ1v) is 9.20. The van der Waals surface area contributed by atoms with Gasteiger partial charge >= 0.3 is 0 Å². The monoisotopic (exact) mass is 310 g/mol. The van der Waals surface area contributed by atoms with Crippen LogP contribution in [0.15, 0.2) is 54.6 Å². The Bertz CT molecular complexity index is 533. The fourth-order valence-corrected chi connectivity index (χ4v) is 2.85. The minimum absolute atomic E-state index is 0.900. The van der Waals surface area contributed by atoms with Gasteiger partial charge in [-0.1, -0.05) is 82.2 Å². The molecular formula is C22H30O. The van der Waals surface area contributed by atoms with Gasteiger partial charge in [-0.05, 0) is 42.7 Å². The van der Waals surface area contributed by atoms with Gasteiger partial charge in [0.15, 0.2) is 0 Å². The molecule has 0 amide bonds. The van der Waals surface area contributed by atoms with E-state index in [4.69, 9.17) is 4.74 Å². The number of rotatable bonds is 11. The first kappa shape index (κ1) is 17.6. The van der Waals surface area contributed by atoms with Crippen LogP contribution in [-0.4, -0.2) is 0 Å². The van der Waals surface area contributed by atoms with Crippen molar-refractivity contribution in [2.75, 3.05) is 0 Å². The van der Waals surface area contributed by atoms with Gasteiger partial charge in [-0.15, -0.1) is 0 Å². The Morgan fingerprint density at radius 1 is 0.652 bits per heavy atom. The van der Waals surface area contributed by atoms with Gasteiger partial charge in [-0.3, -0.25) is 0 Å². The average Bonchev–Trinajstić information content (AvgIpc) is 2.58. The molecule has 0 N–H and O–H groups in total.